The quantitative estimate of drug-likeness (QED) is 0.782. The Kier molecular flexibility index (Phi) is 3.77. The molecule has 1 spiro atoms. The molecule has 118 valence electrons. The molecule has 0 bridgehead atoms. The summed E-state index contributed by atoms with van der Waals surface area (Å²) in [6, 6.07) is 11.4. The summed E-state index contributed by atoms with van der Waals surface area (Å²) in [5.41, 5.74) is 1.64. The molecule has 2 aliphatic heterocycles. The fraction of sp³-hybridized carbons (Fsp3) is 0.333. The van der Waals surface area contributed by atoms with Crippen LogP contribution in [0.4, 0.5) is 0 Å². The minimum Gasteiger partial charge on any atom is -0.339 e. The Labute approximate surface area is 143 Å². The van der Waals surface area contributed by atoms with Gasteiger partial charge in [-0.05, 0) is 36.4 Å². The van der Waals surface area contributed by atoms with Crippen molar-refractivity contribution in [3.8, 4) is 0 Å². The number of thiophene rings is 1. The zero-order valence-electron chi connectivity index (χ0n) is 12.7. The van der Waals surface area contributed by atoms with Crippen molar-refractivity contribution in [1.29, 1.82) is 0 Å². The molecule has 0 N–H and O–H groups in total. The summed E-state index contributed by atoms with van der Waals surface area (Å²) < 4.78 is 1.15. The number of fused-ring (bicyclic) bond motifs is 1. The molecular weight excluding hydrogens is 326 g/mol. The Hall–Kier alpha value is -1.59. The number of piperidine rings is 1. The molecule has 3 heterocycles. The third-order valence-electron chi connectivity index (χ3n) is 4.70. The van der Waals surface area contributed by atoms with E-state index in [9.17, 15) is 9.59 Å². The predicted molar refractivity (Wildman–Crippen MR) is 93.4 cm³/mol. The summed E-state index contributed by atoms with van der Waals surface area (Å²) in [4.78, 5) is 26.8. The van der Waals surface area contributed by atoms with Crippen LogP contribution < -0.4 is 0 Å². The second kappa shape index (κ2) is 5.80. The van der Waals surface area contributed by atoms with Crippen LogP contribution >= 0.6 is 23.1 Å². The summed E-state index contributed by atoms with van der Waals surface area (Å²) in [5, 5.41) is 2.00. The van der Waals surface area contributed by atoms with Crippen molar-refractivity contribution in [1.82, 2.24) is 4.90 Å². The highest BCUT2D eigenvalue weighted by Crippen LogP contribution is 2.50. The van der Waals surface area contributed by atoms with Gasteiger partial charge in [-0.3, -0.25) is 9.59 Å². The van der Waals surface area contributed by atoms with E-state index in [-0.39, 0.29) is 16.4 Å². The maximum Gasteiger partial charge on any atom is 0.253 e. The predicted octanol–water partition coefficient (Wildman–Crippen LogP) is 4.10. The molecule has 23 heavy (non-hydrogen) atoms. The molecule has 2 aromatic rings. The van der Waals surface area contributed by atoms with Crippen LogP contribution in [-0.4, -0.2) is 34.4 Å². The third-order valence-corrected chi connectivity index (χ3v) is 7.34. The summed E-state index contributed by atoms with van der Waals surface area (Å²) >= 11 is 3.52. The summed E-state index contributed by atoms with van der Waals surface area (Å²) in [6.45, 7) is 1.46. The number of hydrogen-bond donors (Lipinski definition) is 0. The SMILES string of the molecule is O=C1CC2(CCN(C(=O)c3ccccc3)CC2)Sc2sccc21. The minimum atomic E-state index is -0.0115. The number of amides is 1. The van der Waals surface area contributed by atoms with Gasteiger partial charge in [0.25, 0.3) is 5.91 Å². The lowest BCUT2D eigenvalue weighted by Crippen LogP contribution is -2.46. The fourth-order valence-corrected chi connectivity index (χ4v) is 6.16. The molecule has 1 fully saturated rings. The van der Waals surface area contributed by atoms with E-state index in [0.29, 0.717) is 6.42 Å². The van der Waals surface area contributed by atoms with Crippen molar-refractivity contribution in [2.75, 3.05) is 13.1 Å². The molecule has 1 aromatic carbocycles. The van der Waals surface area contributed by atoms with E-state index in [1.54, 1.807) is 11.3 Å². The van der Waals surface area contributed by atoms with Gasteiger partial charge in [0.15, 0.2) is 5.78 Å². The lowest BCUT2D eigenvalue weighted by atomic mass is 9.88. The van der Waals surface area contributed by atoms with E-state index in [1.165, 1.54) is 0 Å². The van der Waals surface area contributed by atoms with Gasteiger partial charge in [0.05, 0.1) is 4.21 Å². The number of rotatable bonds is 1. The number of benzene rings is 1. The van der Waals surface area contributed by atoms with Gasteiger partial charge in [0.1, 0.15) is 0 Å². The normalized spacial score (nSPS) is 19.7. The maximum atomic E-state index is 12.5. The number of carbonyl (C=O) groups is 2. The van der Waals surface area contributed by atoms with Crippen LogP contribution in [-0.2, 0) is 0 Å². The van der Waals surface area contributed by atoms with Crippen LogP contribution in [0.3, 0.4) is 0 Å². The molecule has 1 aromatic heterocycles. The van der Waals surface area contributed by atoms with Crippen molar-refractivity contribution in [2.45, 2.75) is 28.2 Å². The minimum absolute atomic E-state index is 0.0115. The Balaban J connectivity index is 1.48. The van der Waals surface area contributed by atoms with E-state index in [1.807, 2.05) is 58.4 Å². The van der Waals surface area contributed by atoms with Crippen LogP contribution in [0.15, 0.2) is 46.0 Å². The van der Waals surface area contributed by atoms with Crippen LogP contribution in [0.5, 0.6) is 0 Å². The zero-order valence-corrected chi connectivity index (χ0v) is 14.3. The largest absolute Gasteiger partial charge is 0.339 e. The first kappa shape index (κ1) is 15.0. The Morgan fingerprint density at radius 1 is 1.09 bits per heavy atom. The van der Waals surface area contributed by atoms with E-state index < -0.39 is 0 Å². The van der Waals surface area contributed by atoms with Gasteiger partial charge in [0, 0.05) is 35.4 Å². The maximum absolute atomic E-state index is 12.5. The number of ketones is 1. The lowest BCUT2D eigenvalue weighted by Gasteiger charge is -2.42. The molecule has 5 heteroatoms. The molecule has 1 saturated heterocycles. The summed E-state index contributed by atoms with van der Waals surface area (Å²) in [5.74, 6) is 0.368. The van der Waals surface area contributed by atoms with Gasteiger partial charge in [-0.1, -0.05) is 18.2 Å². The topological polar surface area (TPSA) is 37.4 Å². The van der Waals surface area contributed by atoms with Gasteiger partial charge in [0.2, 0.25) is 0 Å². The number of Topliss-reactive ketones (excluding diaryl/α,β-unsaturated/α-hetero) is 1. The smallest absolute Gasteiger partial charge is 0.253 e. The molecular formula is C18H17NO2S2. The van der Waals surface area contributed by atoms with Crippen molar-refractivity contribution < 1.29 is 9.59 Å². The van der Waals surface area contributed by atoms with Crippen molar-refractivity contribution in [2.24, 2.45) is 0 Å². The second-order valence-corrected chi connectivity index (χ2v) is 8.82. The average Bonchev–Trinajstić information content (AvgIpc) is 3.04. The van der Waals surface area contributed by atoms with Crippen LogP contribution in [0, 0.1) is 0 Å². The van der Waals surface area contributed by atoms with Crippen LogP contribution in [0.25, 0.3) is 0 Å². The Bertz CT molecular complexity index is 745. The van der Waals surface area contributed by atoms with Gasteiger partial charge in [-0.25, -0.2) is 0 Å². The zero-order chi connectivity index (χ0) is 15.9. The number of thioether (sulfide) groups is 1. The standard InChI is InChI=1S/C18H17NO2S2/c20-15-12-18(23-17-14(15)6-11-22-17)7-9-19(10-8-18)16(21)13-4-2-1-3-5-13/h1-6,11H,7-10,12H2. The molecule has 0 aliphatic carbocycles. The van der Waals surface area contributed by atoms with Crippen molar-refractivity contribution in [3.05, 3.63) is 52.9 Å². The van der Waals surface area contributed by atoms with Crippen LogP contribution in [0.1, 0.15) is 40.0 Å². The first-order valence-corrected chi connectivity index (χ1v) is 9.51. The lowest BCUT2D eigenvalue weighted by molar-refractivity contribution is 0.0696. The summed E-state index contributed by atoms with van der Waals surface area (Å²) in [7, 11) is 0. The number of likely N-dealkylation sites (tertiary alicyclic amines) is 1. The number of nitrogens with zero attached hydrogens (tertiary/aromatic N) is 1. The fourth-order valence-electron chi connectivity index (χ4n) is 3.36. The first-order chi connectivity index (χ1) is 11.2. The van der Waals surface area contributed by atoms with E-state index in [0.717, 1.165) is 41.3 Å². The number of carbonyl (C=O) groups excluding carboxylic acids is 2. The highest BCUT2D eigenvalue weighted by molar-refractivity contribution is 8.02. The van der Waals surface area contributed by atoms with Gasteiger partial charge >= 0.3 is 0 Å². The molecule has 1 amide bonds. The molecule has 0 radical (unpaired) electrons. The van der Waals surface area contributed by atoms with E-state index >= 15 is 0 Å². The van der Waals surface area contributed by atoms with Crippen molar-refractivity contribution >= 4 is 34.8 Å². The molecule has 4 rings (SSSR count). The second-order valence-electron chi connectivity index (χ2n) is 6.16. The average molecular weight is 343 g/mol. The molecule has 2 aliphatic rings. The molecule has 0 atom stereocenters. The van der Waals surface area contributed by atoms with Crippen molar-refractivity contribution in [3.63, 3.8) is 0 Å². The van der Waals surface area contributed by atoms with E-state index in [4.69, 9.17) is 0 Å². The number of hydrogen-bond acceptors (Lipinski definition) is 4. The van der Waals surface area contributed by atoms with Gasteiger partial charge in [-0.15, -0.1) is 23.1 Å². The molecule has 0 saturated carbocycles. The summed E-state index contributed by atoms with van der Waals surface area (Å²) in [6.07, 6.45) is 2.38. The Morgan fingerprint density at radius 2 is 1.83 bits per heavy atom. The monoisotopic (exact) mass is 343 g/mol. The molecule has 3 nitrogen and oxygen atoms in total. The highest BCUT2D eigenvalue weighted by atomic mass is 32.2. The highest BCUT2D eigenvalue weighted by Gasteiger charge is 2.43. The molecule has 0 unspecified atom stereocenters. The Morgan fingerprint density at radius 3 is 2.57 bits per heavy atom. The van der Waals surface area contributed by atoms with Gasteiger partial charge < -0.3 is 4.90 Å². The first-order valence-electron chi connectivity index (χ1n) is 7.81. The van der Waals surface area contributed by atoms with Crippen LogP contribution in [0.2, 0.25) is 0 Å². The van der Waals surface area contributed by atoms with E-state index in [2.05, 4.69) is 0 Å². The third kappa shape index (κ3) is 2.72. The van der Waals surface area contributed by atoms with Gasteiger partial charge in [-0.2, -0.15) is 0 Å².